The van der Waals surface area contributed by atoms with E-state index in [4.69, 9.17) is 5.26 Å². The number of aryl methyl sites for hydroxylation is 2. The zero-order chi connectivity index (χ0) is 12.4. The van der Waals surface area contributed by atoms with Crippen LogP contribution in [0, 0.1) is 11.3 Å². The molecule has 0 unspecified atom stereocenters. The lowest BCUT2D eigenvalue weighted by Crippen LogP contribution is -2.05. The average Bonchev–Trinajstić information content (AvgIpc) is 3.05. The van der Waals surface area contributed by atoms with Crippen LogP contribution in [0.5, 0.6) is 0 Å². The number of H-pyrrole nitrogens is 1. The molecule has 0 fully saturated rings. The minimum Gasteiger partial charge on any atom is -0.365 e. The highest BCUT2D eigenvalue weighted by molar-refractivity contribution is 5.55. The Morgan fingerprint density at radius 3 is 3.17 bits per heavy atom. The molecule has 0 amide bonds. The Labute approximate surface area is 105 Å². The maximum atomic E-state index is 9.16. The fourth-order valence-corrected chi connectivity index (χ4v) is 2.25. The molecule has 0 bridgehead atoms. The third-order valence-electron chi connectivity index (χ3n) is 3.19. The van der Waals surface area contributed by atoms with E-state index in [1.807, 2.05) is 12.3 Å². The summed E-state index contributed by atoms with van der Waals surface area (Å²) >= 11 is 0. The maximum absolute atomic E-state index is 9.16. The summed E-state index contributed by atoms with van der Waals surface area (Å²) in [6.07, 6.45) is 6.78. The monoisotopic (exact) mass is 239 g/mol. The number of anilines is 1. The van der Waals surface area contributed by atoms with E-state index in [9.17, 15) is 0 Å². The van der Waals surface area contributed by atoms with Gasteiger partial charge in [0, 0.05) is 24.0 Å². The van der Waals surface area contributed by atoms with E-state index < -0.39 is 0 Å². The molecule has 2 N–H and O–H groups in total. The van der Waals surface area contributed by atoms with Crippen molar-refractivity contribution in [2.75, 3.05) is 5.32 Å². The van der Waals surface area contributed by atoms with Crippen LogP contribution in [0.25, 0.3) is 0 Å². The smallest absolute Gasteiger partial charge is 0.144 e. The SMILES string of the molecule is N#Cc1cc2c(nc1NCc1cn[nH]c1)CCC2. The van der Waals surface area contributed by atoms with Crippen molar-refractivity contribution in [3.8, 4) is 6.07 Å². The lowest BCUT2D eigenvalue weighted by atomic mass is 10.1. The predicted molar refractivity (Wildman–Crippen MR) is 66.9 cm³/mol. The zero-order valence-electron chi connectivity index (χ0n) is 9.90. The lowest BCUT2D eigenvalue weighted by Gasteiger charge is -2.08. The van der Waals surface area contributed by atoms with Crippen molar-refractivity contribution in [2.24, 2.45) is 0 Å². The minimum absolute atomic E-state index is 0.622. The van der Waals surface area contributed by atoms with Crippen molar-refractivity contribution >= 4 is 5.82 Å². The van der Waals surface area contributed by atoms with E-state index in [1.54, 1.807) is 6.20 Å². The number of hydrogen-bond donors (Lipinski definition) is 2. The number of aromatic nitrogens is 3. The van der Waals surface area contributed by atoms with Gasteiger partial charge in [0.05, 0.1) is 11.8 Å². The van der Waals surface area contributed by atoms with E-state index in [2.05, 4.69) is 26.6 Å². The molecule has 3 rings (SSSR count). The second-order valence-corrected chi connectivity index (χ2v) is 4.42. The highest BCUT2D eigenvalue weighted by Crippen LogP contribution is 2.25. The highest BCUT2D eigenvalue weighted by Gasteiger charge is 2.16. The first kappa shape index (κ1) is 10.8. The summed E-state index contributed by atoms with van der Waals surface area (Å²) in [6, 6.07) is 4.17. The normalized spacial score (nSPS) is 13.1. The van der Waals surface area contributed by atoms with E-state index in [0.717, 1.165) is 30.5 Å². The summed E-state index contributed by atoms with van der Waals surface area (Å²) in [5, 5.41) is 19.0. The van der Waals surface area contributed by atoms with Gasteiger partial charge in [0.1, 0.15) is 11.9 Å². The van der Waals surface area contributed by atoms with Gasteiger partial charge in [-0.2, -0.15) is 10.4 Å². The molecule has 0 spiro atoms. The number of pyridine rings is 1. The summed E-state index contributed by atoms with van der Waals surface area (Å²) in [5.41, 5.74) is 4.02. The van der Waals surface area contributed by atoms with Gasteiger partial charge in [-0.15, -0.1) is 0 Å². The summed E-state index contributed by atoms with van der Waals surface area (Å²) < 4.78 is 0. The first-order chi connectivity index (χ1) is 8.86. The van der Waals surface area contributed by atoms with Gasteiger partial charge < -0.3 is 5.32 Å². The van der Waals surface area contributed by atoms with Crippen LogP contribution in [-0.2, 0) is 19.4 Å². The Morgan fingerprint density at radius 2 is 2.39 bits per heavy atom. The number of aromatic amines is 1. The number of rotatable bonds is 3. The molecule has 90 valence electrons. The Hall–Kier alpha value is -2.35. The Kier molecular flexibility index (Phi) is 2.69. The van der Waals surface area contributed by atoms with Gasteiger partial charge in [-0.25, -0.2) is 4.98 Å². The molecule has 0 aliphatic heterocycles. The average molecular weight is 239 g/mol. The van der Waals surface area contributed by atoms with Gasteiger partial charge in [0.25, 0.3) is 0 Å². The number of nitrogens with one attached hydrogen (secondary N) is 2. The fraction of sp³-hybridized carbons (Fsp3) is 0.308. The Balaban J connectivity index is 1.85. The largest absolute Gasteiger partial charge is 0.365 e. The van der Waals surface area contributed by atoms with Crippen molar-refractivity contribution in [3.63, 3.8) is 0 Å². The molecule has 5 heteroatoms. The van der Waals surface area contributed by atoms with Crippen LogP contribution < -0.4 is 5.32 Å². The number of hydrogen-bond acceptors (Lipinski definition) is 4. The summed E-state index contributed by atoms with van der Waals surface area (Å²) in [5.74, 6) is 0.680. The van der Waals surface area contributed by atoms with Crippen molar-refractivity contribution in [1.29, 1.82) is 5.26 Å². The van der Waals surface area contributed by atoms with E-state index >= 15 is 0 Å². The molecule has 0 saturated carbocycles. The molecular weight excluding hydrogens is 226 g/mol. The summed E-state index contributed by atoms with van der Waals surface area (Å²) in [6.45, 7) is 0.622. The highest BCUT2D eigenvalue weighted by atomic mass is 15.1. The van der Waals surface area contributed by atoms with Crippen LogP contribution in [0.1, 0.15) is 28.8 Å². The quantitative estimate of drug-likeness (QED) is 0.855. The topological polar surface area (TPSA) is 77.4 Å². The molecular formula is C13H13N5. The number of nitrogens with zero attached hydrogens (tertiary/aromatic N) is 3. The van der Waals surface area contributed by atoms with Crippen LogP contribution in [0.15, 0.2) is 18.5 Å². The maximum Gasteiger partial charge on any atom is 0.144 e. The molecule has 2 aromatic rings. The standard InChI is InChI=1S/C13H13N5/c14-5-11-4-10-2-1-3-12(10)18-13(11)15-6-9-7-16-17-8-9/h4,7-8H,1-3,6H2,(H,15,18)(H,16,17). The van der Waals surface area contributed by atoms with Gasteiger partial charge in [0.2, 0.25) is 0 Å². The van der Waals surface area contributed by atoms with Gasteiger partial charge in [-0.1, -0.05) is 0 Å². The Bertz CT molecular complexity index is 595. The molecule has 0 radical (unpaired) electrons. The van der Waals surface area contributed by atoms with Gasteiger partial charge >= 0.3 is 0 Å². The molecule has 0 aromatic carbocycles. The predicted octanol–water partition coefficient (Wildman–Crippen LogP) is 1.78. The molecule has 2 aromatic heterocycles. The van der Waals surface area contributed by atoms with Gasteiger partial charge in [0.15, 0.2) is 0 Å². The van der Waals surface area contributed by atoms with E-state index in [0.29, 0.717) is 17.9 Å². The number of fused-ring (bicyclic) bond motifs is 1. The van der Waals surface area contributed by atoms with Crippen molar-refractivity contribution in [1.82, 2.24) is 15.2 Å². The summed E-state index contributed by atoms with van der Waals surface area (Å²) in [7, 11) is 0. The van der Waals surface area contributed by atoms with E-state index in [-0.39, 0.29) is 0 Å². The van der Waals surface area contributed by atoms with Crippen LogP contribution in [0.4, 0.5) is 5.82 Å². The molecule has 0 atom stereocenters. The molecule has 5 nitrogen and oxygen atoms in total. The van der Waals surface area contributed by atoms with Crippen molar-refractivity contribution in [3.05, 3.63) is 40.8 Å². The first-order valence-corrected chi connectivity index (χ1v) is 6.01. The number of nitriles is 1. The third-order valence-corrected chi connectivity index (χ3v) is 3.19. The molecule has 1 aliphatic carbocycles. The van der Waals surface area contributed by atoms with Crippen LogP contribution >= 0.6 is 0 Å². The second kappa shape index (κ2) is 4.49. The molecule has 18 heavy (non-hydrogen) atoms. The Morgan fingerprint density at radius 1 is 1.44 bits per heavy atom. The minimum atomic E-state index is 0.622. The molecule has 1 aliphatic rings. The summed E-state index contributed by atoms with van der Waals surface area (Å²) in [4.78, 5) is 4.56. The van der Waals surface area contributed by atoms with E-state index in [1.165, 1.54) is 5.56 Å². The van der Waals surface area contributed by atoms with Gasteiger partial charge in [-0.05, 0) is 30.9 Å². The van der Waals surface area contributed by atoms with Crippen LogP contribution in [0.2, 0.25) is 0 Å². The van der Waals surface area contributed by atoms with Crippen LogP contribution in [0.3, 0.4) is 0 Å². The van der Waals surface area contributed by atoms with Crippen molar-refractivity contribution < 1.29 is 0 Å². The molecule has 2 heterocycles. The third kappa shape index (κ3) is 1.93. The van der Waals surface area contributed by atoms with Crippen LogP contribution in [-0.4, -0.2) is 15.2 Å². The fourth-order valence-electron chi connectivity index (χ4n) is 2.25. The zero-order valence-corrected chi connectivity index (χ0v) is 9.90. The second-order valence-electron chi connectivity index (χ2n) is 4.42. The lowest BCUT2D eigenvalue weighted by molar-refractivity contribution is 0.899. The molecule has 0 saturated heterocycles. The van der Waals surface area contributed by atoms with Gasteiger partial charge in [-0.3, -0.25) is 5.10 Å². The first-order valence-electron chi connectivity index (χ1n) is 6.01. The van der Waals surface area contributed by atoms with Crippen molar-refractivity contribution in [2.45, 2.75) is 25.8 Å².